The van der Waals surface area contributed by atoms with Gasteiger partial charge in [0.1, 0.15) is 27.7 Å². The van der Waals surface area contributed by atoms with Gasteiger partial charge < -0.3 is 19.7 Å². The molecule has 10 heteroatoms. The lowest BCUT2D eigenvalue weighted by Gasteiger charge is -2.27. The Balaban J connectivity index is 2.19. The van der Waals surface area contributed by atoms with Gasteiger partial charge in [-0.1, -0.05) is 46.4 Å². The van der Waals surface area contributed by atoms with Gasteiger partial charge in [-0.2, -0.15) is 5.23 Å². The van der Waals surface area contributed by atoms with E-state index in [1.807, 2.05) is 0 Å². The van der Waals surface area contributed by atoms with Gasteiger partial charge in [-0.05, 0) is 12.1 Å². The van der Waals surface area contributed by atoms with E-state index >= 15 is 0 Å². The van der Waals surface area contributed by atoms with Crippen LogP contribution in [0.2, 0.25) is 20.2 Å². The number of nitrogens with one attached hydrogen (secondary N) is 2. The molecule has 0 radical (unpaired) electrons. The summed E-state index contributed by atoms with van der Waals surface area (Å²) in [6.07, 6.45) is -0.795. The molecule has 0 fully saturated rings. The second-order valence-electron chi connectivity index (χ2n) is 4.46. The molecule has 1 aromatic carbocycles. The average molecular weight is 386 g/mol. The van der Waals surface area contributed by atoms with Crippen molar-refractivity contribution in [1.29, 1.82) is 0 Å². The molecular weight excluding hydrogens is 378 g/mol. The Labute approximate surface area is 144 Å². The molecule has 1 aromatic heterocycles. The summed E-state index contributed by atoms with van der Waals surface area (Å²) in [4.78, 5) is 2.73. The molecule has 3 rings (SSSR count). The topological polar surface area (TPSA) is 82.0 Å². The molecule has 2 atom stereocenters. The molecule has 0 bridgehead atoms. The van der Waals surface area contributed by atoms with Crippen LogP contribution in [-0.2, 0) is 4.74 Å². The maximum Gasteiger partial charge on any atom is 0.208 e. The molecule has 2 heterocycles. The fourth-order valence-electron chi connectivity index (χ4n) is 2.29. The van der Waals surface area contributed by atoms with Crippen molar-refractivity contribution in [3.63, 3.8) is 0 Å². The van der Waals surface area contributed by atoms with Crippen molar-refractivity contribution < 1.29 is 19.9 Å². The van der Waals surface area contributed by atoms with Crippen LogP contribution in [0.3, 0.4) is 0 Å². The summed E-state index contributed by atoms with van der Waals surface area (Å²) in [6, 6.07) is 3.11. The monoisotopic (exact) mass is 384 g/mol. The first kappa shape index (κ1) is 16.2. The molecule has 0 saturated heterocycles. The smallest absolute Gasteiger partial charge is 0.208 e. The first-order chi connectivity index (χ1) is 10.4. The minimum absolute atomic E-state index is 0.0128. The zero-order valence-corrected chi connectivity index (χ0v) is 13.6. The highest BCUT2D eigenvalue weighted by Gasteiger charge is 2.34. The maximum absolute atomic E-state index is 11.4. The van der Waals surface area contributed by atoms with Gasteiger partial charge in [-0.15, -0.1) is 0 Å². The molecule has 0 spiro atoms. The Morgan fingerprint density at radius 1 is 1.27 bits per heavy atom. The molecule has 6 nitrogen and oxygen atoms in total. The molecule has 0 saturated carbocycles. The summed E-state index contributed by atoms with van der Waals surface area (Å²) in [5, 5.41) is 20.1. The number of hydrogen-bond acceptors (Lipinski definition) is 4. The highest BCUT2D eigenvalue weighted by Crippen LogP contribution is 2.45. The van der Waals surface area contributed by atoms with Crippen molar-refractivity contribution in [3.05, 3.63) is 48.8 Å². The number of benzene rings is 1. The molecule has 0 amide bonds. The van der Waals surface area contributed by atoms with E-state index in [4.69, 9.17) is 55.9 Å². The van der Waals surface area contributed by atoms with Crippen LogP contribution >= 0.6 is 46.4 Å². The minimum atomic E-state index is -1.23. The van der Waals surface area contributed by atoms with Crippen molar-refractivity contribution in [2.24, 2.45) is 0 Å². The van der Waals surface area contributed by atoms with Gasteiger partial charge in [0.2, 0.25) is 5.69 Å². The lowest BCUT2D eigenvalue weighted by atomic mass is 10.0. The third-order valence-electron chi connectivity index (χ3n) is 3.16. The van der Waals surface area contributed by atoms with Crippen molar-refractivity contribution in [2.45, 2.75) is 6.10 Å². The summed E-state index contributed by atoms with van der Waals surface area (Å²) < 4.78 is 10.9. The first-order valence-electron chi connectivity index (χ1n) is 5.93. The van der Waals surface area contributed by atoms with Gasteiger partial charge in [0.05, 0.1) is 5.02 Å². The predicted octanol–water partition coefficient (Wildman–Crippen LogP) is 3.49. The van der Waals surface area contributed by atoms with E-state index in [1.54, 1.807) is 6.07 Å². The molecular formula is C12H8Cl4N2O4. The van der Waals surface area contributed by atoms with E-state index in [0.717, 1.165) is 0 Å². The number of aromatic nitrogens is 1. The van der Waals surface area contributed by atoms with Crippen LogP contribution in [0.25, 0.3) is 0 Å². The molecule has 1 aliphatic rings. The van der Waals surface area contributed by atoms with Gasteiger partial charge in [-0.25, -0.2) is 5.21 Å². The number of ether oxygens (including phenoxy) is 2. The van der Waals surface area contributed by atoms with Crippen molar-refractivity contribution in [2.75, 3.05) is 6.79 Å². The summed E-state index contributed by atoms with van der Waals surface area (Å²) in [6.45, 7) is -0.105. The molecule has 118 valence electrons. The highest BCUT2D eigenvalue weighted by atomic mass is 35.5. The Hall–Kier alpha value is -0.700. The Morgan fingerprint density at radius 2 is 2.00 bits per heavy atom. The van der Waals surface area contributed by atoms with Crippen LogP contribution in [0.5, 0.6) is 5.75 Å². The van der Waals surface area contributed by atoms with E-state index in [-0.39, 0.29) is 28.3 Å². The Bertz CT molecular complexity index is 734. The van der Waals surface area contributed by atoms with E-state index < -0.39 is 11.3 Å². The molecule has 0 aliphatic carbocycles. The SMILES string of the molecule is [O-][NH+](O)c1c(C2OCOc3c(Cl)cc(Cl)cc32)[nH]c(Cl)c1Cl. The van der Waals surface area contributed by atoms with Gasteiger partial charge in [0.25, 0.3) is 0 Å². The summed E-state index contributed by atoms with van der Waals surface area (Å²) >= 11 is 23.9. The number of fused-ring (bicyclic) bond motifs is 1. The standard InChI is InChI=1S/C12H8Cl4N2O4/c13-4-1-5-10(6(14)2-4)21-3-22-11(5)8-9(18(19)20)7(15)12(16)17-8/h1-2,11,17-19H,3H2. The fourth-order valence-corrected chi connectivity index (χ4v) is 3.28. The summed E-state index contributed by atoms with van der Waals surface area (Å²) in [5.41, 5.74) is 0.520. The van der Waals surface area contributed by atoms with Crippen molar-refractivity contribution in [1.82, 2.24) is 4.98 Å². The normalized spacial score (nSPS) is 18.7. The minimum Gasteiger partial charge on any atom is -0.595 e. The zero-order valence-electron chi connectivity index (χ0n) is 10.6. The fraction of sp³-hybridized carbons (Fsp3) is 0.167. The number of rotatable bonds is 2. The van der Waals surface area contributed by atoms with E-state index in [2.05, 4.69) is 4.98 Å². The molecule has 2 unspecified atom stereocenters. The Morgan fingerprint density at radius 3 is 2.68 bits per heavy atom. The second kappa shape index (κ2) is 6.07. The number of quaternary nitrogens is 1. The third kappa shape index (κ3) is 2.66. The third-order valence-corrected chi connectivity index (χ3v) is 4.42. The van der Waals surface area contributed by atoms with Crippen LogP contribution in [0.15, 0.2) is 12.1 Å². The lowest BCUT2D eigenvalue weighted by molar-refractivity contribution is -0.991. The van der Waals surface area contributed by atoms with Gasteiger partial charge in [0.15, 0.2) is 6.79 Å². The average Bonchev–Trinajstić information content (AvgIpc) is 2.74. The number of hydrogen-bond donors (Lipinski definition) is 3. The van der Waals surface area contributed by atoms with Crippen LogP contribution in [0.4, 0.5) is 5.69 Å². The molecule has 1 aliphatic heterocycles. The lowest BCUT2D eigenvalue weighted by Crippen LogP contribution is -2.99. The van der Waals surface area contributed by atoms with E-state index in [0.29, 0.717) is 21.4 Å². The number of halogens is 4. The molecule has 3 N–H and O–H groups in total. The predicted molar refractivity (Wildman–Crippen MR) is 81.5 cm³/mol. The second-order valence-corrected chi connectivity index (χ2v) is 6.06. The first-order valence-corrected chi connectivity index (χ1v) is 7.44. The molecule has 22 heavy (non-hydrogen) atoms. The quantitative estimate of drug-likeness (QED) is 0.691. The van der Waals surface area contributed by atoms with Crippen LogP contribution < -0.4 is 9.96 Å². The Kier molecular flexibility index (Phi) is 4.46. The van der Waals surface area contributed by atoms with Gasteiger partial charge in [0, 0.05) is 10.6 Å². The number of H-pyrrole nitrogens is 1. The van der Waals surface area contributed by atoms with E-state index in [9.17, 15) is 10.4 Å². The summed E-state index contributed by atoms with van der Waals surface area (Å²) in [7, 11) is 0. The van der Waals surface area contributed by atoms with Crippen molar-refractivity contribution >= 4 is 52.1 Å². The van der Waals surface area contributed by atoms with Crippen LogP contribution in [0.1, 0.15) is 17.4 Å². The van der Waals surface area contributed by atoms with Gasteiger partial charge >= 0.3 is 0 Å². The zero-order chi connectivity index (χ0) is 16.0. The van der Waals surface area contributed by atoms with E-state index in [1.165, 1.54) is 6.07 Å². The van der Waals surface area contributed by atoms with Gasteiger partial charge in [-0.3, -0.25) is 0 Å². The largest absolute Gasteiger partial charge is 0.595 e. The highest BCUT2D eigenvalue weighted by molar-refractivity contribution is 6.43. The van der Waals surface area contributed by atoms with Crippen molar-refractivity contribution in [3.8, 4) is 5.75 Å². The number of aromatic amines is 1. The summed E-state index contributed by atoms with van der Waals surface area (Å²) in [5.74, 6) is 0.375. The maximum atomic E-state index is 11.4. The van der Waals surface area contributed by atoms with Crippen LogP contribution in [-0.4, -0.2) is 17.0 Å². The van der Waals surface area contributed by atoms with Crippen LogP contribution in [0, 0.1) is 5.21 Å². The molecule has 2 aromatic rings.